The maximum atomic E-state index is 8.49. The Kier molecular flexibility index (Phi) is 18.5. The second kappa shape index (κ2) is 17.0. The van der Waals surface area contributed by atoms with Gasteiger partial charge in [0.2, 0.25) is 0 Å². The molecule has 0 spiro atoms. The summed E-state index contributed by atoms with van der Waals surface area (Å²) in [4.78, 5) is 0. The van der Waals surface area contributed by atoms with Crippen molar-refractivity contribution in [3.05, 3.63) is 0 Å². The van der Waals surface area contributed by atoms with E-state index in [0.717, 1.165) is 0 Å². The molecule has 0 rings (SSSR count). The van der Waals surface area contributed by atoms with E-state index in [1.165, 1.54) is 94.5 Å². The highest BCUT2D eigenvalue weighted by Crippen LogP contribution is 2.22. The van der Waals surface area contributed by atoms with Crippen molar-refractivity contribution in [3.8, 4) is 0 Å². The van der Waals surface area contributed by atoms with Crippen molar-refractivity contribution < 1.29 is 37.5 Å². The molecule has 0 aliphatic carbocycles. The summed E-state index contributed by atoms with van der Waals surface area (Å²) >= 11 is 0. The summed E-state index contributed by atoms with van der Waals surface area (Å²) in [6.45, 7) is 24.2. The van der Waals surface area contributed by atoms with Crippen molar-refractivity contribution in [1.29, 1.82) is 0 Å². The van der Waals surface area contributed by atoms with Gasteiger partial charge >= 0.3 is 0 Å². The van der Waals surface area contributed by atoms with Gasteiger partial charge in [-0.05, 0) is 72.4 Å². The van der Waals surface area contributed by atoms with Crippen LogP contribution in [0.4, 0.5) is 0 Å². The zero-order valence-corrected chi connectivity index (χ0v) is 24.5. The molecule has 0 radical (unpaired) electrons. The number of hydrogen-bond donors (Lipinski definition) is 0. The van der Waals surface area contributed by atoms with Crippen LogP contribution in [0.2, 0.25) is 38.8 Å². The van der Waals surface area contributed by atoms with Crippen LogP contribution >= 0.6 is 0 Å². The molecule has 190 valence electrons. The minimum Gasteiger partial charge on any atom is -0.456 e. The van der Waals surface area contributed by atoms with E-state index >= 15 is 0 Å². The lowest BCUT2D eigenvalue weighted by atomic mass is 10.1. The lowest BCUT2D eigenvalue weighted by Gasteiger charge is -2.35. The minimum absolute atomic E-state index is 1.30. The summed E-state index contributed by atoms with van der Waals surface area (Å²) in [6, 6.07) is 1.35. The average Bonchev–Trinajstić information content (AvgIpc) is 2.60. The largest absolute Gasteiger partial charge is 0.456 e. The third-order valence-corrected chi connectivity index (χ3v) is 12.2. The van der Waals surface area contributed by atoms with Gasteiger partial charge in [-0.25, -0.2) is 18.6 Å². The van der Waals surface area contributed by atoms with Gasteiger partial charge in [-0.15, -0.1) is 10.2 Å². The monoisotopic (exact) mass is 501 g/mol. The predicted octanol–water partition coefficient (Wildman–Crippen LogP) is 2.67. The maximum absolute atomic E-state index is 8.49. The summed E-state index contributed by atoms with van der Waals surface area (Å²) in [6.07, 6.45) is 12.9. The Bertz CT molecular complexity index is 411. The number of quaternary nitrogens is 1. The summed E-state index contributed by atoms with van der Waals surface area (Å²) in [7, 11) is -7.69. The molecule has 0 fully saturated rings. The van der Waals surface area contributed by atoms with E-state index in [1.54, 1.807) is 0 Å². The quantitative estimate of drug-likeness (QED) is 0.173. The number of nitrogens with zero attached hydrogens (tertiary/aromatic N) is 1. The SMILES string of the molecule is CC[N+](CC)(CC)CCCCCCCCCCC[Si](C)(C)O[Si](C)(C)C.[O-][Cl+3]([O-])([O-])[O-]. The summed E-state index contributed by atoms with van der Waals surface area (Å²) in [5, 5.41) is 0. The molecule has 0 bridgehead atoms. The lowest BCUT2D eigenvalue weighted by Crippen LogP contribution is -2.68. The molecule has 0 amide bonds. The van der Waals surface area contributed by atoms with E-state index in [4.69, 9.17) is 22.8 Å². The van der Waals surface area contributed by atoms with Gasteiger partial charge in [-0.1, -0.05) is 44.9 Å². The van der Waals surface area contributed by atoms with Crippen LogP contribution in [0.1, 0.15) is 78.6 Å². The Morgan fingerprint density at radius 1 is 0.613 bits per heavy atom. The van der Waals surface area contributed by atoms with Gasteiger partial charge in [0.25, 0.3) is 0 Å². The molecule has 0 N–H and O–H groups in total. The molecule has 0 unspecified atom stereocenters. The van der Waals surface area contributed by atoms with Crippen LogP contribution in [0.25, 0.3) is 0 Å². The van der Waals surface area contributed by atoms with Gasteiger partial charge in [0, 0.05) is 0 Å². The van der Waals surface area contributed by atoms with E-state index in [0.29, 0.717) is 0 Å². The minimum atomic E-state index is -4.94. The first kappa shape index (κ1) is 33.7. The molecule has 6 nitrogen and oxygen atoms in total. The first-order valence-electron chi connectivity index (χ1n) is 12.3. The standard InChI is InChI=1S/C22H52NOSi2.ClHO4/c1-9-23(10-2,11-3)21-19-17-15-13-12-14-16-18-20-22-26(7,8)24-25(4,5)6;2-1(3,4)5/h9-22H2,1-8H3;(H,2,3,4,5)/q+1;/p-1. The van der Waals surface area contributed by atoms with Gasteiger partial charge < -0.3 is 8.60 Å². The highest BCUT2D eigenvalue weighted by atomic mass is 35.7. The summed E-state index contributed by atoms with van der Waals surface area (Å²) < 4.78 is 41.7. The Hall–Kier alpha value is 0.484. The summed E-state index contributed by atoms with van der Waals surface area (Å²) in [5.74, 6) is 0. The fourth-order valence-corrected chi connectivity index (χ4v) is 12.4. The van der Waals surface area contributed by atoms with Gasteiger partial charge in [0.15, 0.2) is 16.6 Å². The van der Waals surface area contributed by atoms with E-state index in [9.17, 15) is 0 Å². The fourth-order valence-electron chi connectivity index (χ4n) is 4.26. The molecule has 0 heterocycles. The second-order valence-electron chi connectivity index (χ2n) is 10.3. The fraction of sp³-hybridized carbons (Fsp3) is 1.00. The van der Waals surface area contributed by atoms with Gasteiger partial charge in [0.05, 0.1) is 26.2 Å². The molecular formula is C22H52ClNO5Si2. The van der Waals surface area contributed by atoms with Crippen LogP contribution in [-0.4, -0.2) is 47.3 Å². The average molecular weight is 502 g/mol. The summed E-state index contributed by atoms with van der Waals surface area (Å²) in [5.41, 5.74) is 0. The van der Waals surface area contributed by atoms with Gasteiger partial charge in [-0.3, -0.25) is 0 Å². The van der Waals surface area contributed by atoms with E-state index in [-0.39, 0.29) is 0 Å². The van der Waals surface area contributed by atoms with Crippen LogP contribution in [0.3, 0.4) is 0 Å². The van der Waals surface area contributed by atoms with E-state index in [1.807, 2.05) is 0 Å². The number of unbranched alkanes of at least 4 members (excludes halogenated alkanes) is 8. The van der Waals surface area contributed by atoms with Gasteiger partial charge in [-0.2, -0.15) is 0 Å². The molecule has 0 aliphatic rings. The third kappa shape index (κ3) is 25.0. The predicted molar refractivity (Wildman–Crippen MR) is 125 cm³/mol. The Balaban J connectivity index is 0. The molecule has 0 saturated carbocycles. The van der Waals surface area contributed by atoms with Crippen molar-refractivity contribution in [2.75, 3.05) is 26.2 Å². The molecule has 9 heteroatoms. The van der Waals surface area contributed by atoms with Crippen molar-refractivity contribution in [3.63, 3.8) is 0 Å². The van der Waals surface area contributed by atoms with Crippen molar-refractivity contribution in [2.24, 2.45) is 0 Å². The zero-order chi connectivity index (χ0) is 24.6. The van der Waals surface area contributed by atoms with E-state index in [2.05, 4.69) is 53.5 Å². The molecule has 0 atom stereocenters. The number of hydrogen-bond acceptors (Lipinski definition) is 5. The normalized spacial score (nSPS) is 13.2. The van der Waals surface area contributed by atoms with Gasteiger partial charge in [0.1, 0.15) is 0 Å². The maximum Gasteiger partial charge on any atom is 0.173 e. The highest BCUT2D eigenvalue weighted by Gasteiger charge is 2.28. The third-order valence-electron chi connectivity index (χ3n) is 6.01. The molecule has 0 aromatic rings. The number of halogens is 1. The van der Waals surface area contributed by atoms with Crippen molar-refractivity contribution >= 4 is 16.6 Å². The number of rotatable bonds is 17. The molecule has 0 aromatic carbocycles. The highest BCUT2D eigenvalue weighted by molar-refractivity contribution is 6.84. The molecular weight excluding hydrogens is 450 g/mol. The Labute approximate surface area is 197 Å². The Morgan fingerprint density at radius 2 is 0.935 bits per heavy atom. The molecule has 0 aromatic heterocycles. The first-order chi connectivity index (χ1) is 14.1. The van der Waals surface area contributed by atoms with Crippen LogP contribution < -0.4 is 18.6 Å². The smallest absolute Gasteiger partial charge is 0.173 e. The lowest BCUT2D eigenvalue weighted by molar-refractivity contribution is -2.00. The Morgan fingerprint density at radius 3 is 1.26 bits per heavy atom. The van der Waals surface area contributed by atoms with Crippen LogP contribution in [-0.2, 0) is 4.12 Å². The molecule has 31 heavy (non-hydrogen) atoms. The van der Waals surface area contributed by atoms with E-state index < -0.39 is 26.9 Å². The topological polar surface area (TPSA) is 101 Å². The van der Waals surface area contributed by atoms with Crippen LogP contribution in [0.15, 0.2) is 0 Å². The van der Waals surface area contributed by atoms with Crippen LogP contribution in [0, 0.1) is 10.2 Å². The van der Waals surface area contributed by atoms with Crippen molar-refractivity contribution in [1.82, 2.24) is 0 Å². The van der Waals surface area contributed by atoms with Crippen molar-refractivity contribution in [2.45, 2.75) is 117 Å². The second-order valence-corrected chi connectivity index (χ2v) is 20.1. The molecule has 0 saturated heterocycles. The zero-order valence-electron chi connectivity index (χ0n) is 21.8. The molecule has 0 aliphatic heterocycles. The van der Waals surface area contributed by atoms with Crippen LogP contribution in [0.5, 0.6) is 0 Å². The first-order valence-corrected chi connectivity index (χ1v) is 20.0.